The molecule has 4 fully saturated rings. The van der Waals surface area contributed by atoms with Crippen LogP contribution >= 0.6 is 69.6 Å². The molecule has 20 nitrogen and oxygen atoms in total. The van der Waals surface area contributed by atoms with Gasteiger partial charge in [0.15, 0.2) is 34.7 Å². The normalized spacial score (nSPS) is 16.6. The van der Waals surface area contributed by atoms with Gasteiger partial charge in [-0.3, -0.25) is 18.8 Å². The molecule has 3 atom stereocenters. The van der Waals surface area contributed by atoms with Crippen molar-refractivity contribution >= 4 is 93.0 Å². The van der Waals surface area contributed by atoms with E-state index in [0.717, 1.165) is 111 Å². The van der Waals surface area contributed by atoms with E-state index in [1.54, 1.807) is 57.7 Å². The predicted molar refractivity (Wildman–Crippen MR) is 397 cm³/mol. The fourth-order valence-electron chi connectivity index (χ4n) is 13.0. The summed E-state index contributed by atoms with van der Waals surface area (Å²) in [5.74, 6) is 1.12. The lowest BCUT2D eigenvalue weighted by Crippen LogP contribution is -2.43. The molecule has 3 aliphatic heterocycles. The molecule has 9 heterocycles. The number of aromatic nitrogens is 9. The van der Waals surface area contributed by atoms with E-state index >= 15 is 0 Å². The first kappa shape index (κ1) is 75.6. The number of likely N-dealkylation sites (N-methyl/N-ethyl adjacent to an activating group) is 1. The maximum absolute atomic E-state index is 14.0. The van der Waals surface area contributed by atoms with Crippen LogP contribution in [0.15, 0.2) is 110 Å². The van der Waals surface area contributed by atoms with Crippen molar-refractivity contribution in [2.24, 2.45) is 5.92 Å². The number of carbonyl (C=O) groups is 1. The molecule has 102 heavy (non-hydrogen) atoms. The highest BCUT2D eigenvalue weighted by Crippen LogP contribution is 2.42. The van der Waals surface area contributed by atoms with Gasteiger partial charge in [0.1, 0.15) is 35.8 Å². The van der Waals surface area contributed by atoms with Gasteiger partial charge in [0.05, 0.1) is 58.3 Å². The van der Waals surface area contributed by atoms with Gasteiger partial charge < -0.3 is 51.0 Å². The number of carbonyl (C=O) groups excluding carboxylic acids is 1. The fourth-order valence-corrected chi connectivity index (χ4v) is 15.0. The number of hydrogen-bond acceptors (Lipinski definition) is 16. The number of likely N-dealkylation sites (tertiary alicyclic amines) is 3. The lowest BCUT2D eigenvalue weighted by Gasteiger charge is -2.32. The summed E-state index contributed by atoms with van der Waals surface area (Å²) < 4.78 is 65.9. The van der Waals surface area contributed by atoms with E-state index in [4.69, 9.17) is 101 Å². The van der Waals surface area contributed by atoms with Gasteiger partial charge in [-0.25, -0.2) is 28.1 Å². The van der Waals surface area contributed by atoms with Gasteiger partial charge >= 0.3 is 0 Å². The summed E-state index contributed by atoms with van der Waals surface area (Å²) in [6.45, 7) is 16.0. The molecule has 0 bridgehead atoms. The average Bonchev–Trinajstić information content (AvgIpc) is 0.918. The van der Waals surface area contributed by atoms with Crippen molar-refractivity contribution in [3.8, 4) is 50.6 Å². The third-order valence-corrected chi connectivity index (χ3v) is 21.1. The predicted octanol–water partition coefficient (Wildman–Crippen LogP) is 16.8. The van der Waals surface area contributed by atoms with Gasteiger partial charge in [-0.15, -0.1) is 0 Å². The molecule has 3 saturated heterocycles. The lowest BCUT2D eigenvalue weighted by molar-refractivity contribution is -0.133. The number of nitrogen functional groups attached to an aromatic ring is 3. The van der Waals surface area contributed by atoms with Crippen LogP contribution in [0, 0.1) is 23.4 Å². The van der Waals surface area contributed by atoms with Crippen LogP contribution in [0.5, 0.6) is 17.2 Å². The smallest absolute Gasteiger partial charge is 0.236 e. The van der Waals surface area contributed by atoms with Crippen LogP contribution in [-0.4, -0.2) is 143 Å². The number of nitrogens with zero attached hydrogens (tertiary/aromatic N) is 13. The zero-order valence-corrected chi connectivity index (χ0v) is 62.1. The number of halogens is 9. The summed E-state index contributed by atoms with van der Waals surface area (Å²) in [7, 11) is 3.79. The third-order valence-electron chi connectivity index (χ3n) is 19.0. The van der Waals surface area contributed by atoms with Gasteiger partial charge in [0.25, 0.3) is 0 Å². The van der Waals surface area contributed by atoms with Crippen LogP contribution in [0.3, 0.4) is 0 Å². The zero-order valence-electron chi connectivity index (χ0n) is 57.5. The molecule has 0 radical (unpaired) electrons. The zero-order chi connectivity index (χ0) is 72.6. The highest BCUT2D eigenvalue weighted by atomic mass is 35.5. The van der Waals surface area contributed by atoms with Gasteiger partial charge in [0.2, 0.25) is 5.91 Å². The first-order chi connectivity index (χ1) is 48.9. The fraction of sp³-hybridized carbons (Fsp3) is 0.411. The first-order valence-corrected chi connectivity index (χ1v) is 36.3. The highest BCUT2D eigenvalue weighted by molar-refractivity contribution is 6.37. The monoisotopic (exact) mass is 1510 g/mol. The molecule has 542 valence electrons. The molecule has 6 aromatic heterocycles. The Kier molecular flexibility index (Phi) is 25.1. The second-order valence-corrected chi connectivity index (χ2v) is 28.8. The molecule has 1 saturated carbocycles. The van der Waals surface area contributed by atoms with Gasteiger partial charge in [0, 0.05) is 148 Å². The van der Waals surface area contributed by atoms with Crippen molar-refractivity contribution in [3.63, 3.8) is 0 Å². The highest BCUT2D eigenvalue weighted by Gasteiger charge is 2.31. The first-order valence-electron chi connectivity index (χ1n) is 34.1. The maximum atomic E-state index is 14.0. The second-order valence-electron chi connectivity index (χ2n) is 26.5. The number of anilines is 3. The Morgan fingerprint density at radius 3 is 1.13 bits per heavy atom. The van der Waals surface area contributed by atoms with Crippen LogP contribution in [0.2, 0.25) is 30.1 Å². The number of piperidine rings is 3. The van der Waals surface area contributed by atoms with Crippen molar-refractivity contribution in [1.29, 1.82) is 0 Å². The van der Waals surface area contributed by atoms with Gasteiger partial charge in [-0.05, 0) is 153 Å². The van der Waals surface area contributed by atoms with Crippen molar-refractivity contribution < 1.29 is 32.2 Å². The Hall–Kier alpha value is -7.58. The summed E-state index contributed by atoms with van der Waals surface area (Å²) in [5.41, 5.74) is 24.4. The topological polar surface area (TPSA) is 228 Å². The van der Waals surface area contributed by atoms with Crippen LogP contribution in [-0.2, 0) is 4.79 Å². The Morgan fingerprint density at radius 2 is 0.814 bits per heavy atom. The molecular formula is C73H83Cl6F3N16O4. The molecule has 13 rings (SSSR count). The molecule has 29 heteroatoms. The Labute approximate surface area is 622 Å². The number of rotatable bonds is 20. The summed E-state index contributed by atoms with van der Waals surface area (Å²) in [5, 5.41) is 14.5. The second kappa shape index (κ2) is 33.9. The average molecular weight is 1520 g/mol. The minimum Gasteiger partial charge on any atom is -0.482 e. The molecule has 4 aliphatic rings. The molecule has 3 aromatic carbocycles. The van der Waals surface area contributed by atoms with Crippen molar-refractivity contribution in [1.82, 2.24) is 63.9 Å². The third kappa shape index (κ3) is 18.5. The number of hydrogen-bond donors (Lipinski definition) is 3. The van der Waals surface area contributed by atoms with Crippen LogP contribution in [0.1, 0.15) is 132 Å². The largest absolute Gasteiger partial charge is 0.482 e. The number of benzene rings is 3. The summed E-state index contributed by atoms with van der Waals surface area (Å²) in [6, 6.07) is 14.4. The van der Waals surface area contributed by atoms with Crippen LogP contribution in [0.4, 0.5) is 30.6 Å². The molecule has 3 unspecified atom stereocenters. The Bertz CT molecular complexity index is 4380. The van der Waals surface area contributed by atoms with Crippen molar-refractivity contribution in [3.05, 3.63) is 175 Å². The standard InChI is InChI=1S/C25H29Cl2FN6O2.C25H28Cl2FN5O.C23H26Cl2FN5O/c1-15(23-19(26)4-5-20(28)24(23)27)36-21-10-16(11-30-25(21)29)17-12-31-34(13-17)18-6-8-33(9-7-18)22(35)14-32(2)3;1-15(23-20(26)4-5-21(28)24(23)27)34-22-10-17(11-30-25(22)29)18-12-31-33(14-18)19-6-8-32(9-7-19)13-16-2-3-16;1-3-30-8-6-17(7-9-30)31-13-16(12-29-31)15-10-20(23(27)28-11-15)32-14(2)21-18(24)4-5-19(26)22(21)25/h4-5,10-13,15,18H,6-9,14H2,1-3H3,(H2,29,30);4-5,10-12,14-16,19H,2-3,6-9,13H2,1H3,(H2,29,30);4-5,10-14,17H,3,6-9H2,1-2H3,(H2,27,28). The van der Waals surface area contributed by atoms with Gasteiger partial charge in [-0.1, -0.05) is 76.5 Å². The molecule has 9 aromatic rings. The van der Waals surface area contributed by atoms with Crippen molar-refractivity contribution in [2.75, 3.05) is 90.2 Å². The molecule has 1 aliphatic carbocycles. The van der Waals surface area contributed by atoms with Crippen molar-refractivity contribution in [2.45, 2.75) is 115 Å². The molecule has 6 N–H and O–H groups in total. The van der Waals surface area contributed by atoms with E-state index < -0.39 is 35.8 Å². The quantitative estimate of drug-likeness (QED) is 0.0603. The maximum Gasteiger partial charge on any atom is 0.236 e. The number of pyridine rings is 3. The lowest BCUT2D eigenvalue weighted by atomic mass is 10.0. The summed E-state index contributed by atoms with van der Waals surface area (Å²) >= 11 is 37.1. The van der Waals surface area contributed by atoms with E-state index in [0.29, 0.717) is 80.7 Å². The number of amides is 1. The van der Waals surface area contributed by atoms with Gasteiger partial charge in [-0.2, -0.15) is 15.3 Å². The molecule has 1 amide bonds. The molecule has 0 spiro atoms. The minimum absolute atomic E-state index is 0.0628. The van der Waals surface area contributed by atoms with E-state index in [-0.39, 0.29) is 44.5 Å². The summed E-state index contributed by atoms with van der Waals surface area (Å²) in [6.07, 6.45) is 23.4. The Morgan fingerprint density at radius 1 is 0.490 bits per heavy atom. The van der Waals surface area contributed by atoms with Crippen LogP contribution in [0.25, 0.3) is 33.4 Å². The number of ether oxygens (including phenoxy) is 3. The minimum atomic E-state index is -0.664. The van der Waals surface area contributed by atoms with E-state index in [2.05, 4.69) is 57.9 Å². The summed E-state index contributed by atoms with van der Waals surface area (Å²) in [4.78, 5) is 34.0. The van der Waals surface area contributed by atoms with E-state index in [1.165, 1.54) is 55.8 Å². The molecular weight excluding hydrogens is 1430 g/mol. The SMILES string of the molecule is CC(Oc1cc(-c2cnn(C3CCN(C(=O)CN(C)C)CC3)c2)cnc1N)c1c(Cl)ccc(F)c1Cl.CC(Oc1cc(-c2cnn(C3CCN(CC4CC4)CC3)c2)cnc1N)c1c(Cl)ccc(F)c1Cl.CCN1CCC(n2cc(-c3cnc(N)c(OC(C)c4c(Cl)ccc(F)c4Cl)c3)cn2)CC1. The van der Waals surface area contributed by atoms with Crippen LogP contribution < -0.4 is 31.4 Å². The Balaban J connectivity index is 0.000000154. The number of nitrogens with two attached hydrogens (primary N) is 3. The van der Waals surface area contributed by atoms with E-state index in [9.17, 15) is 18.0 Å². The van der Waals surface area contributed by atoms with E-state index in [1.807, 2.05) is 64.1 Å².